The number of hydrogen-bond donors (Lipinski definition) is 1. The second-order valence-electron chi connectivity index (χ2n) is 3.42. The van der Waals surface area contributed by atoms with E-state index >= 15 is 0 Å². The lowest BCUT2D eigenvalue weighted by atomic mass is 10.0. The lowest BCUT2D eigenvalue weighted by Gasteiger charge is -2.13. The van der Waals surface area contributed by atoms with E-state index in [1.165, 1.54) is 10.9 Å². The molecule has 0 radical (unpaired) electrons. The van der Waals surface area contributed by atoms with Gasteiger partial charge in [0.25, 0.3) is 0 Å². The van der Waals surface area contributed by atoms with Crippen LogP contribution < -0.4 is 5.32 Å². The van der Waals surface area contributed by atoms with E-state index in [1.807, 2.05) is 43.6 Å². The average molecular weight is 198 g/mol. The van der Waals surface area contributed by atoms with Crippen LogP contribution in [0.2, 0.25) is 0 Å². The first kappa shape index (κ1) is 9.87. The molecule has 0 saturated carbocycles. The Kier molecular flexibility index (Phi) is 2.79. The number of benzene rings is 1. The lowest BCUT2D eigenvalue weighted by molar-refractivity contribution is 0.721. The Balaban J connectivity index is 2.64. The molecule has 0 aliphatic carbocycles. The molecule has 0 fully saturated rings. The van der Waals surface area contributed by atoms with Crippen molar-refractivity contribution in [1.29, 1.82) is 0 Å². The predicted molar refractivity (Wildman–Crippen MR) is 63.7 cm³/mol. The third-order valence-electron chi connectivity index (χ3n) is 2.56. The fourth-order valence-corrected chi connectivity index (χ4v) is 1.79. The first-order valence-electron chi connectivity index (χ1n) is 5.00. The van der Waals surface area contributed by atoms with Crippen molar-refractivity contribution in [3.05, 3.63) is 54.7 Å². The van der Waals surface area contributed by atoms with E-state index in [2.05, 4.69) is 22.9 Å². The highest BCUT2D eigenvalue weighted by molar-refractivity contribution is 5.82. The largest absolute Gasteiger partial charge is 0.310 e. The normalized spacial score (nSPS) is 12.6. The number of hydrogen-bond acceptors (Lipinski definition) is 2. The van der Waals surface area contributed by atoms with Crippen molar-refractivity contribution in [2.24, 2.45) is 0 Å². The average Bonchev–Trinajstić information content (AvgIpc) is 2.31. The van der Waals surface area contributed by atoms with Gasteiger partial charge in [-0.05, 0) is 24.7 Å². The molecule has 1 heterocycles. The van der Waals surface area contributed by atoms with Gasteiger partial charge in [0.2, 0.25) is 0 Å². The minimum absolute atomic E-state index is 0.179. The molecule has 1 atom stereocenters. The van der Waals surface area contributed by atoms with Crippen LogP contribution in [0.25, 0.3) is 10.9 Å². The number of aromatic nitrogens is 1. The van der Waals surface area contributed by atoms with Crippen molar-refractivity contribution in [3.8, 4) is 0 Å². The van der Waals surface area contributed by atoms with Crippen molar-refractivity contribution in [2.75, 3.05) is 7.05 Å². The van der Waals surface area contributed by atoms with Crippen molar-refractivity contribution >= 4 is 10.9 Å². The molecule has 0 aliphatic rings. The predicted octanol–water partition coefficient (Wildman–Crippen LogP) is 2.68. The number of rotatable bonds is 3. The Bertz CT molecular complexity index is 471. The molecule has 0 saturated heterocycles. The van der Waals surface area contributed by atoms with Gasteiger partial charge in [-0.1, -0.05) is 24.3 Å². The maximum absolute atomic E-state index is 4.33. The summed E-state index contributed by atoms with van der Waals surface area (Å²) in [6.45, 7) is 3.83. The summed E-state index contributed by atoms with van der Waals surface area (Å²) in [5.41, 5.74) is 2.25. The monoisotopic (exact) mass is 198 g/mol. The number of fused-ring (bicyclic) bond motifs is 1. The van der Waals surface area contributed by atoms with Crippen molar-refractivity contribution in [1.82, 2.24) is 10.3 Å². The first-order chi connectivity index (χ1) is 7.36. The minimum Gasteiger partial charge on any atom is -0.310 e. The minimum atomic E-state index is 0.179. The zero-order chi connectivity index (χ0) is 10.7. The molecule has 2 heteroatoms. The Morgan fingerprint density at radius 3 is 2.87 bits per heavy atom. The van der Waals surface area contributed by atoms with Crippen LogP contribution in [-0.2, 0) is 0 Å². The summed E-state index contributed by atoms with van der Waals surface area (Å²) in [4.78, 5) is 4.33. The highest BCUT2D eigenvalue weighted by Crippen LogP contribution is 2.22. The van der Waals surface area contributed by atoms with E-state index in [-0.39, 0.29) is 6.04 Å². The Morgan fingerprint density at radius 2 is 2.13 bits per heavy atom. The SMILES string of the molecule is C=CC(NC)c1ccnc2ccccc12. The molecule has 1 aromatic heterocycles. The maximum atomic E-state index is 4.33. The molecule has 1 unspecified atom stereocenters. The van der Waals surface area contributed by atoms with Gasteiger partial charge < -0.3 is 5.32 Å². The van der Waals surface area contributed by atoms with E-state index in [9.17, 15) is 0 Å². The molecule has 1 aromatic carbocycles. The molecule has 0 amide bonds. The van der Waals surface area contributed by atoms with Gasteiger partial charge in [-0.25, -0.2) is 0 Å². The lowest BCUT2D eigenvalue weighted by Crippen LogP contribution is -2.13. The van der Waals surface area contributed by atoms with E-state index < -0.39 is 0 Å². The van der Waals surface area contributed by atoms with E-state index in [4.69, 9.17) is 0 Å². The van der Waals surface area contributed by atoms with Crippen LogP contribution in [0.3, 0.4) is 0 Å². The number of nitrogens with zero attached hydrogens (tertiary/aromatic N) is 1. The molecule has 15 heavy (non-hydrogen) atoms. The molecular weight excluding hydrogens is 184 g/mol. The number of likely N-dealkylation sites (N-methyl/N-ethyl adjacent to an activating group) is 1. The Hall–Kier alpha value is -1.67. The van der Waals surface area contributed by atoms with Gasteiger partial charge in [0, 0.05) is 11.6 Å². The summed E-state index contributed by atoms with van der Waals surface area (Å²) >= 11 is 0. The highest BCUT2D eigenvalue weighted by Gasteiger charge is 2.08. The van der Waals surface area contributed by atoms with E-state index in [0.29, 0.717) is 0 Å². The summed E-state index contributed by atoms with van der Waals surface area (Å²) in [6.07, 6.45) is 3.74. The number of para-hydroxylation sites is 1. The van der Waals surface area contributed by atoms with Gasteiger partial charge in [-0.2, -0.15) is 0 Å². The molecule has 2 rings (SSSR count). The van der Waals surface area contributed by atoms with Gasteiger partial charge in [0.05, 0.1) is 11.6 Å². The summed E-state index contributed by atoms with van der Waals surface area (Å²) in [5, 5.41) is 4.39. The van der Waals surface area contributed by atoms with Gasteiger partial charge in [-0.3, -0.25) is 4.98 Å². The van der Waals surface area contributed by atoms with Crippen molar-refractivity contribution < 1.29 is 0 Å². The fraction of sp³-hybridized carbons (Fsp3) is 0.154. The van der Waals surface area contributed by atoms with Crippen LogP contribution in [0.5, 0.6) is 0 Å². The van der Waals surface area contributed by atoms with Crippen LogP contribution >= 0.6 is 0 Å². The van der Waals surface area contributed by atoms with Crippen LogP contribution in [0.15, 0.2) is 49.2 Å². The standard InChI is InChI=1S/C13H14N2/c1-3-12(14-2)11-8-9-15-13-7-5-4-6-10(11)13/h3-9,12,14H,1H2,2H3. The summed E-state index contributed by atoms with van der Waals surface area (Å²) in [5.74, 6) is 0. The van der Waals surface area contributed by atoms with Crippen LogP contribution in [0.4, 0.5) is 0 Å². The Morgan fingerprint density at radius 1 is 1.33 bits per heavy atom. The zero-order valence-corrected chi connectivity index (χ0v) is 8.77. The third-order valence-corrected chi connectivity index (χ3v) is 2.56. The molecule has 0 aliphatic heterocycles. The van der Waals surface area contributed by atoms with Gasteiger partial charge >= 0.3 is 0 Å². The second kappa shape index (κ2) is 4.24. The topological polar surface area (TPSA) is 24.9 Å². The van der Waals surface area contributed by atoms with Crippen LogP contribution in [0.1, 0.15) is 11.6 Å². The van der Waals surface area contributed by atoms with Gasteiger partial charge in [0.1, 0.15) is 0 Å². The molecule has 2 aromatic rings. The van der Waals surface area contributed by atoms with Gasteiger partial charge in [0.15, 0.2) is 0 Å². The molecule has 0 bridgehead atoms. The zero-order valence-electron chi connectivity index (χ0n) is 8.77. The quantitative estimate of drug-likeness (QED) is 0.767. The summed E-state index contributed by atoms with van der Waals surface area (Å²) in [7, 11) is 1.93. The smallest absolute Gasteiger partial charge is 0.0705 e. The number of pyridine rings is 1. The van der Waals surface area contributed by atoms with Gasteiger partial charge in [-0.15, -0.1) is 6.58 Å². The van der Waals surface area contributed by atoms with Crippen molar-refractivity contribution in [3.63, 3.8) is 0 Å². The molecule has 1 N–H and O–H groups in total. The maximum Gasteiger partial charge on any atom is 0.0705 e. The molecule has 76 valence electrons. The Labute approximate surface area is 89.7 Å². The third kappa shape index (κ3) is 1.76. The molecule has 0 spiro atoms. The highest BCUT2D eigenvalue weighted by atomic mass is 14.9. The van der Waals surface area contributed by atoms with Crippen molar-refractivity contribution in [2.45, 2.75) is 6.04 Å². The molecule has 2 nitrogen and oxygen atoms in total. The van der Waals surface area contributed by atoms with Crippen LogP contribution in [-0.4, -0.2) is 12.0 Å². The second-order valence-corrected chi connectivity index (χ2v) is 3.42. The van der Waals surface area contributed by atoms with Crippen LogP contribution in [0, 0.1) is 0 Å². The summed E-state index contributed by atoms with van der Waals surface area (Å²) < 4.78 is 0. The van der Waals surface area contributed by atoms with E-state index in [0.717, 1.165) is 5.52 Å². The number of nitrogens with one attached hydrogen (secondary N) is 1. The fourth-order valence-electron chi connectivity index (χ4n) is 1.79. The molecular formula is C13H14N2. The first-order valence-corrected chi connectivity index (χ1v) is 5.00. The van der Waals surface area contributed by atoms with E-state index in [1.54, 1.807) is 0 Å². The summed E-state index contributed by atoms with van der Waals surface area (Å²) in [6, 6.07) is 10.4.